The van der Waals surface area contributed by atoms with Gasteiger partial charge >= 0.3 is 0 Å². The van der Waals surface area contributed by atoms with Crippen molar-refractivity contribution < 1.29 is 23.2 Å². The van der Waals surface area contributed by atoms with Crippen LogP contribution >= 0.6 is 0 Å². The first-order chi connectivity index (χ1) is 13.3. The fourth-order valence-electron chi connectivity index (χ4n) is 4.26. The van der Waals surface area contributed by atoms with Crippen LogP contribution in [0.15, 0.2) is 18.2 Å². The Bertz CT molecular complexity index is 844. The Morgan fingerprint density at radius 1 is 1.25 bits per heavy atom. The van der Waals surface area contributed by atoms with Crippen molar-refractivity contribution >= 4 is 17.7 Å². The molecule has 3 aliphatic heterocycles. The molecule has 9 heteroatoms. The summed E-state index contributed by atoms with van der Waals surface area (Å²) in [5, 5.41) is 2.27. The first-order valence-electron chi connectivity index (χ1n) is 9.35. The van der Waals surface area contributed by atoms with Gasteiger partial charge in [0.2, 0.25) is 11.8 Å². The first-order valence-corrected chi connectivity index (χ1v) is 9.35. The number of benzene rings is 1. The maximum atomic E-state index is 13.9. The van der Waals surface area contributed by atoms with E-state index < -0.39 is 23.8 Å². The van der Waals surface area contributed by atoms with Crippen LogP contribution in [0.2, 0.25) is 0 Å². The molecular formula is C19H22F2N4O3. The molecule has 0 aliphatic carbocycles. The maximum Gasteiger partial charge on any atom is 0.265 e. The number of carbonyl (C=O) groups excluding carboxylic acids is 3. The topological polar surface area (TPSA) is 95.7 Å². The molecule has 2 atom stereocenters. The number of nitrogens with two attached hydrogens (primary N) is 1. The summed E-state index contributed by atoms with van der Waals surface area (Å²) in [5.74, 6) is -4.70. The molecule has 0 saturated carbocycles. The number of likely N-dealkylation sites (tertiary alicyclic amines) is 1. The molecule has 1 aromatic rings. The highest BCUT2D eigenvalue weighted by Crippen LogP contribution is 2.34. The lowest BCUT2D eigenvalue weighted by atomic mass is 10.0. The second kappa shape index (κ2) is 6.89. The summed E-state index contributed by atoms with van der Waals surface area (Å²) in [7, 11) is 0. The summed E-state index contributed by atoms with van der Waals surface area (Å²) in [6.07, 6.45) is 0.508. The second-order valence-electron chi connectivity index (χ2n) is 7.75. The van der Waals surface area contributed by atoms with Gasteiger partial charge in [-0.2, -0.15) is 0 Å². The Morgan fingerprint density at radius 3 is 2.71 bits per heavy atom. The molecule has 1 aromatic carbocycles. The van der Waals surface area contributed by atoms with E-state index in [0.717, 1.165) is 11.1 Å². The van der Waals surface area contributed by atoms with Gasteiger partial charge in [0, 0.05) is 44.1 Å². The lowest BCUT2D eigenvalue weighted by Gasteiger charge is -2.29. The smallest absolute Gasteiger partial charge is 0.265 e. The zero-order chi connectivity index (χ0) is 20.1. The standard InChI is InChI=1S/C19H22F2N4O3/c20-19(21)10-24(9-13(19)6-22)7-11-1-2-12-8-25(18(28)14(12)5-11)15-3-4-16(26)23-17(15)27/h1-2,5,13,15H,3-4,6-10,22H2,(H,23,26,27). The number of halogens is 2. The number of piperidine rings is 1. The van der Waals surface area contributed by atoms with E-state index in [1.165, 1.54) is 4.90 Å². The Kier molecular flexibility index (Phi) is 4.67. The molecule has 2 saturated heterocycles. The lowest BCUT2D eigenvalue weighted by Crippen LogP contribution is -2.52. The summed E-state index contributed by atoms with van der Waals surface area (Å²) < 4.78 is 27.8. The fourth-order valence-corrected chi connectivity index (χ4v) is 4.26. The van der Waals surface area contributed by atoms with E-state index in [1.54, 1.807) is 11.0 Å². The van der Waals surface area contributed by atoms with Crippen molar-refractivity contribution in [3.63, 3.8) is 0 Å². The number of rotatable bonds is 4. The van der Waals surface area contributed by atoms with Gasteiger partial charge in [-0.3, -0.25) is 24.6 Å². The van der Waals surface area contributed by atoms with Crippen LogP contribution in [-0.4, -0.2) is 59.1 Å². The lowest BCUT2D eigenvalue weighted by molar-refractivity contribution is -0.136. The van der Waals surface area contributed by atoms with Crippen molar-refractivity contribution in [1.82, 2.24) is 15.1 Å². The minimum atomic E-state index is -2.80. The SMILES string of the molecule is NCC1CN(Cc2ccc3c(c2)C(=O)N(C2CCC(=O)NC2=O)C3)CC1(F)F. The van der Waals surface area contributed by atoms with Crippen LogP contribution in [0, 0.1) is 5.92 Å². The Hall–Kier alpha value is -2.39. The van der Waals surface area contributed by atoms with E-state index in [1.807, 2.05) is 12.1 Å². The quantitative estimate of drug-likeness (QED) is 0.727. The predicted molar refractivity (Wildman–Crippen MR) is 95.3 cm³/mol. The number of hydrogen-bond donors (Lipinski definition) is 2. The van der Waals surface area contributed by atoms with Crippen LogP contribution in [0.1, 0.15) is 34.3 Å². The van der Waals surface area contributed by atoms with Crippen molar-refractivity contribution in [3.05, 3.63) is 34.9 Å². The van der Waals surface area contributed by atoms with Crippen LogP contribution in [0.25, 0.3) is 0 Å². The van der Waals surface area contributed by atoms with E-state index in [-0.39, 0.29) is 37.9 Å². The predicted octanol–water partition coefficient (Wildman–Crippen LogP) is 0.473. The monoisotopic (exact) mass is 392 g/mol. The van der Waals surface area contributed by atoms with Gasteiger partial charge in [0.25, 0.3) is 11.8 Å². The van der Waals surface area contributed by atoms with Gasteiger partial charge in [0.15, 0.2) is 0 Å². The van der Waals surface area contributed by atoms with E-state index >= 15 is 0 Å². The zero-order valence-electron chi connectivity index (χ0n) is 15.3. The summed E-state index contributed by atoms with van der Waals surface area (Å²) >= 11 is 0. The number of nitrogens with zero attached hydrogens (tertiary/aromatic N) is 2. The van der Waals surface area contributed by atoms with Gasteiger partial charge in [-0.15, -0.1) is 0 Å². The molecular weight excluding hydrogens is 370 g/mol. The molecule has 28 heavy (non-hydrogen) atoms. The molecule has 3 N–H and O–H groups in total. The summed E-state index contributed by atoms with van der Waals surface area (Å²) in [6, 6.07) is 4.69. The number of amides is 3. The number of carbonyl (C=O) groups is 3. The first kappa shape index (κ1) is 18.9. The number of imide groups is 1. The van der Waals surface area contributed by atoms with Gasteiger partial charge in [0.1, 0.15) is 6.04 Å². The van der Waals surface area contributed by atoms with Crippen molar-refractivity contribution in [2.75, 3.05) is 19.6 Å². The van der Waals surface area contributed by atoms with Crippen LogP contribution < -0.4 is 11.1 Å². The fraction of sp³-hybridized carbons (Fsp3) is 0.526. The van der Waals surface area contributed by atoms with Crippen LogP contribution in [0.3, 0.4) is 0 Å². The third-order valence-electron chi connectivity index (χ3n) is 5.79. The molecule has 0 bridgehead atoms. The minimum Gasteiger partial charge on any atom is -0.330 e. The van der Waals surface area contributed by atoms with Crippen LogP contribution in [-0.2, 0) is 22.7 Å². The maximum absolute atomic E-state index is 13.9. The van der Waals surface area contributed by atoms with Crippen molar-refractivity contribution in [2.24, 2.45) is 11.7 Å². The van der Waals surface area contributed by atoms with Crippen molar-refractivity contribution in [1.29, 1.82) is 0 Å². The second-order valence-corrected chi connectivity index (χ2v) is 7.75. The summed E-state index contributed by atoms with van der Waals surface area (Å²) in [5.41, 5.74) is 7.51. The molecule has 2 fully saturated rings. The largest absolute Gasteiger partial charge is 0.330 e. The molecule has 0 spiro atoms. The molecule has 3 aliphatic rings. The molecule has 4 rings (SSSR count). The van der Waals surface area contributed by atoms with Crippen molar-refractivity contribution in [3.8, 4) is 0 Å². The number of alkyl halides is 2. The van der Waals surface area contributed by atoms with E-state index in [0.29, 0.717) is 25.1 Å². The number of nitrogens with one attached hydrogen (secondary N) is 1. The van der Waals surface area contributed by atoms with Gasteiger partial charge < -0.3 is 10.6 Å². The van der Waals surface area contributed by atoms with Gasteiger partial charge in [0.05, 0.1) is 6.54 Å². The Balaban J connectivity index is 1.48. The third kappa shape index (κ3) is 3.29. The molecule has 3 heterocycles. The molecule has 0 radical (unpaired) electrons. The van der Waals surface area contributed by atoms with E-state index in [9.17, 15) is 23.2 Å². The summed E-state index contributed by atoms with van der Waals surface area (Å²) in [6.45, 7) is 0.426. The van der Waals surface area contributed by atoms with Crippen LogP contribution in [0.5, 0.6) is 0 Å². The summed E-state index contributed by atoms with van der Waals surface area (Å²) in [4.78, 5) is 39.4. The molecule has 2 unspecified atom stereocenters. The van der Waals surface area contributed by atoms with E-state index in [2.05, 4.69) is 5.32 Å². The minimum absolute atomic E-state index is 0.0624. The highest BCUT2D eigenvalue weighted by molar-refractivity contribution is 6.05. The number of fused-ring (bicyclic) bond motifs is 1. The highest BCUT2D eigenvalue weighted by atomic mass is 19.3. The Morgan fingerprint density at radius 2 is 2.04 bits per heavy atom. The molecule has 0 aromatic heterocycles. The average molecular weight is 392 g/mol. The van der Waals surface area contributed by atoms with Crippen molar-refractivity contribution in [2.45, 2.75) is 37.9 Å². The Labute approximate surface area is 160 Å². The van der Waals surface area contributed by atoms with Gasteiger partial charge in [-0.05, 0) is 23.6 Å². The van der Waals surface area contributed by atoms with E-state index in [4.69, 9.17) is 5.73 Å². The average Bonchev–Trinajstić information content (AvgIpc) is 3.11. The molecule has 3 amide bonds. The number of hydrogen-bond acceptors (Lipinski definition) is 5. The van der Waals surface area contributed by atoms with Gasteiger partial charge in [-0.1, -0.05) is 12.1 Å². The van der Waals surface area contributed by atoms with Gasteiger partial charge in [-0.25, -0.2) is 8.78 Å². The normalized spacial score (nSPS) is 27.2. The zero-order valence-corrected chi connectivity index (χ0v) is 15.3. The highest BCUT2D eigenvalue weighted by Gasteiger charge is 2.47. The van der Waals surface area contributed by atoms with Crippen LogP contribution in [0.4, 0.5) is 8.78 Å². The third-order valence-corrected chi connectivity index (χ3v) is 5.79. The molecule has 150 valence electrons. The molecule has 7 nitrogen and oxygen atoms in total.